The molecule has 0 aliphatic heterocycles. The SMILES string of the molecule is CCCNC(c1ccc(F)cc1F)C1CCCC1(C)C. The zero-order valence-electron chi connectivity index (χ0n) is 12.7. The third-order valence-electron chi connectivity index (χ3n) is 4.65. The number of halogens is 2. The average molecular weight is 281 g/mol. The zero-order valence-corrected chi connectivity index (χ0v) is 12.7. The molecule has 2 unspecified atom stereocenters. The molecular formula is C17H25F2N. The fourth-order valence-electron chi connectivity index (χ4n) is 3.49. The minimum Gasteiger partial charge on any atom is -0.310 e. The Balaban J connectivity index is 2.31. The molecule has 0 spiro atoms. The Hall–Kier alpha value is -0.960. The normalized spacial score (nSPS) is 22.9. The molecule has 1 aromatic carbocycles. The molecule has 2 atom stereocenters. The minimum absolute atomic E-state index is 0.0203. The van der Waals surface area contributed by atoms with Crippen LogP contribution in [0.3, 0.4) is 0 Å². The van der Waals surface area contributed by atoms with Gasteiger partial charge in [-0.05, 0) is 43.2 Å². The standard InChI is InChI=1S/C17H25F2N/c1-4-10-20-16(14-6-5-9-17(14,2)3)13-8-7-12(18)11-15(13)19/h7-8,11,14,16,20H,4-6,9-10H2,1-3H3. The van der Waals surface area contributed by atoms with Crippen molar-refractivity contribution in [1.82, 2.24) is 5.32 Å². The van der Waals surface area contributed by atoms with Crippen molar-refractivity contribution < 1.29 is 8.78 Å². The summed E-state index contributed by atoms with van der Waals surface area (Å²) in [6.45, 7) is 7.47. The van der Waals surface area contributed by atoms with Crippen LogP contribution in [0.25, 0.3) is 0 Å². The van der Waals surface area contributed by atoms with Crippen LogP contribution in [-0.4, -0.2) is 6.54 Å². The van der Waals surface area contributed by atoms with Crippen LogP contribution in [0.4, 0.5) is 8.78 Å². The summed E-state index contributed by atoms with van der Waals surface area (Å²) in [6, 6.07) is 3.94. The highest BCUT2D eigenvalue weighted by atomic mass is 19.1. The van der Waals surface area contributed by atoms with Gasteiger partial charge < -0.3 is 5.32 Å². The maximum absolute atomic E-state index is 14.2. The first-order valence-corrected chi connectivity index (χ1v) is 7.64. The van der Waals surface area contributed by atoms with Gasteiger partial charge in [-0.3, -0.25) is 0 Å². The third-order valence-corrected chi connectivity index (χ3v) is 4.65. The van der Waals surface area contributed by atoms with E-state index >= 15 is 0 Å². The molecule has 0 radical (unpaired) electrons. The Morgan fingerprint density at radius 1 is 1.35 bits per heavy atom. The highest BCUT2D eigenvalue weighted by Crippen LogP contribution is 2.49. The van der Waals surface area contributed by atoms with E-state index in [-0.39, 0.29) is 11.5 Å². The molecule has 1 aliphatic rings. The van der Waals surface area contributed by atoms with Gasteiger partial charge in [0.25, 0.3) is 0 Å². The van der Waals surface area contributed by atoms with Crippen molar-refractivity contribution in [3.05, 3.63) is 35.4 Å². The summed E-state index contributed by atoms with van der Waals surface area (Å²) < 4.78 is 27.3. The predicted octanol–water partition coefficient (Wildman–Crippen LogP) is 4.83. The Labute approximate surface area is 120 Å². The van der Waals surface area contributed by atoms with Crippen LogP contribution in [0.2, 0.25) is 0 Å². The minimum atomic E-state index is -0.508. The van der Waals surface area contributed by atoms with Crippen molar-refractivity contribution in [2.45, 2.75) is 52.5 Å². The highest BCUT2D eigenvalue weighted by molar-refractivity contribution is 5.24. The molecule has 1 aliphatic carbocycles. The zero-order chi connectivity index (χ0) is 14.8. The molecule has 1 saturated carbocycles. The first-order valence-electron chi connectivity index (χ1n) is 7.64. The van der Waals surface area contributed by atoms with E-state index in [1.54, 1.807) is 6.07 Å². The molecule has 1 fully saturated rings. The molecule has 0 aromatic heterocycles. The van der Waals surface area contributed by atoms with Gasteiger partial charge in [0.1, 0.15) is 11.6 Å². The molecule has 1 N–H and O–H groups in total. The molecule has 2 rings (SSSR count). The second kappa shape index (κ2) is 6.21. The molecule has 20 heavy (non-hydrogen) atoms. The van der Waals surface area contributed by atoms with Crippen LogP contribution in [0.15, 0.2) is 18.2 Å². The summed E-state index contributed by atoms with van der Waals surface area (Å²) in [5.74, 6) is -0.540. The van der Waals surface area contributed by atoms with Gasteiger partial charge in [0.15, 0.2) is 0 Å². The summed E-state index contributed by atoms with van der Waals surface area (Å²) in [4.78, 5) is 0. The van der Waals surface area contributed by atoms with Gasteiger partial charge in [-0.25, -0.2) is 8.78 Å². The first-order chi connectivity index (χ1) is 9.45. The summed E-state index contributed by atoms with van der Waals surface area (Å²) in [5.41, 5.74) is 0.812. The maximum Gasteiger partial charge on any atom is 0.130 e. The lowest BCUT2D eigenvalue weighted by atomic mass is 9.75. The largest absolute Gasteiger partial charge is 0.310 e. The molecule has 0 heterocycles. The van der Waals surface area contributed by atoms with Gasteiger partial charge in [-0.1, -0.05) is 33.3 Å². The fraction of sp³-hybridized carbons (Fsp3) is 0.647. The Morgan fingerprint density at radius 2 is 2.10 bits per heavy atom. The number of benzene rings is 1. The molecule has 1 aromatic rings. The van der Waals surface area contributed by atoms with E-state index in [0.29, 0.717) is 11.5 Å². The third kappa shape index (κ3) is 3.20. The number of rotatable bonds is 5. The van der Waals surface area contributed by atoms with Crippen molar-refractivity contribution in [2.75, 3.05) is 6.54 Å². The number of hydrogen-bond donors (Lipinski definition) is 1. The van der Waals surface area contributed by atoms with Crippen LogP contribution < -0.4 is 5.32 Å². The van der Waals surface area contributed by atoms with Crippen molar-refractivity contribution in [1.29, 1.82) is 0 Å². The Morgan fingerprint density at radius 3 is 2.65 bits per heavy atom. The molecular weight excluding hydrogens is 256 g/mol. The van der Waals surface area contributed by atoms with E-state index in [2.05, 4.69) is 26.1 Å². The Bertz CT molecular complexity index is 456. The molecule has 0 bridgehead atoms. The number of nitrogens with one attached hydrogen (secondary N) is 1. The van der Waals surface area contributed by atoms with Crippen molar-refractivity contribution >= 4 is 0 Å². The monoisotopic (exact) mass is 281 g/mol. The summed E-state index contributed by atoms with van der Waals surface area (Å²) >= 11 is 0. The lowest BCUT2D eigenvalue weighted by Gasteiger charge is -2.35. The highest BCUT2D eigenvalue weighted by Gasteiger charge is 2.40. The predicted molar refractivity (Wildman–Crippen MR) is 78.5 cm³/mol. The Kier molecular flexibility index (Phi) is 4.79. The molecule has 1 nitrogen and oxygen atoms in total. The van der Waals surface area contributed by atoms with Crippen LogP contribution >= 0.6 is 0 Å². The molecule has 0 saturated heterocycles. The van der Waals surface area contributed by atoms with Gasteiger partial charge in [-0.2, -0.15) is 0 Å². The van der Waals surface area contributed by atoms with Gasteiger partial charge in [0.2, 0.25) is 0 Å². The van der Waals surface area contributed by atoms with Gasteiger partial charge in [-0.15, -0.1) is 0 Å². The average Bonchev–Trinajstić information content (AvgIpc) is 2.72. The lowest BCUT2D eigenvalue weighted by molar-refractivity contribution is 0.195. The molecule has 0 amide bonds. The second-order valence-electron chi connectivity index (χ2n) is 6.58. The van der Waals surface area contributed by atoms with Crippen LogP contribution in [0.5, 0.6) is 0 Å². The quantitative estimate of drug-likeness (QED) is 0.815. The van der Waals surface area contributed by atoms with E-state index in [1.807, 2.05) is 0 Å². The summed E-state index contributed by atoms with van der Waals surface area (Å²) in [5, 5.41) is 3.48. The van der Waals surface area contributed by atoms with E-state index < -0.39 is 11.6 Å². The van der Waals surface area contributed by atoms with E-state index in [1.165, 1.54) is 18.9 Å². The van der Waals surface area contributed by atoms with Crippen LogP contribution in [-0.2, 0) is 0 Å². The summed E-state index contributed by atoms with van der Waals surface area (Å²) in [7, 11) is 0. The smallest absolute Gasteiger partial charge is 0.130 e. The van der Waals surface area contributed by atoms with E-state index in [4.69, 9.17) is 0 Å². The van der Waals surface area contributed by atoms with Crippen molar-refractivity contribution in [3.8, 4) is 0 Å². The van der Waals surface area contributed by atoms with Crippen molar-refractivity contribution in [2.24, 2.45) is 11.3 Å². The number of hydrogen-bond acceptors (Lipinski definition) is 1. The van der Waals surface area contributed by atoms with Crippen molar-refractivity contribution in [3.63, 3.8) is 0 Å². The molecule has 112 valence electrons. The van der Waals surface area contributed by atoms with Crippen LogP contribution in [0, 0.1) is 23.0 Å². The fourth-order valence-corrected chi connectivity index (χ4v) is 3.49. The lowest BCUT2D eigenvalue weighted by Crippen LogP contribution is -2.35. The van der Waals surface area contributed by atoms with Gasteiger partial charge in [0, 0.05) is 17.7 Å². The molecule has 3 heteroatoms. The van der Waals surface area contributed by atoms with E-state index in [0.717, 1.165) is 25.5 Å². The topological polar surface area (TPSA) is 12.0 Å². The van der Waals surface area contributed by atoms with Gasteiger partial charge >= 0.3 is 0 Å². The van der Waals surface area contributed by atoms with Gasteiger partial charge in [0.05, 0.1) is 0 Å². The first kappa shape index (κ1) is 15.4. The summed E-state index contributed by atoms with van der Waals surface area (Å²) in [6.07, 6.45) is 4.47. The van der Waals surface area contributed by atoms with E-state index in [9.17, 15) is 8.78 Å². The van der Waals surface area contributed by atoms with Crippen LogP contribution in [0.1, 0.15) is 58.1 Å². The second-order valence-corrected chi connectivity index (χ2v) is 6.58. The maximum atomic E-state index is 14.2.